The molecule has 0 radical (unpaired) electrons. The van der Waals surface area contributed by atoms with Crippen LogP contribution in [0.3, 0.4) is 0 Å². The lowest BCUT2D eigenvalue weighted by molar-refractivity contribution is 0.109. The summed E-state index contributed by atoms with van der Waals surface area (Å²) in [7, 11) is -0.500. The number of aliphatic hydroxyl groups excluding tert-OH is 1. The second kappa shape index (κ2) is 13.5. The summed E-state index contributed by atoms with van der Waals surface area (Å²) in [5.41, 5.74) is 0. The van der Waals surface area contributed by atoms with Crippen LogP contribution in [0.2, 0.25) is 0 Å². The molecule has 0 fully saturated rings. The number of carbonyl (C=O) groups is 1. The fourth-order valence-corrected chi connectivity index (χ4v) is 1.10. The molecular weight excluding hydrogens is 270 g/mol. The molecule has 0 saturated carbocycles. The van der Waals surface area contributed by atoms with Crippen LogP contribution in [-0.4, -0.2) is 25.7 Å². The van der Waals surface area contributed by atoms with Crippen LogP contribution < -0.4 is 0 Å². The summed E-state index contributed by atoms with van der Waals surface area (Å²) in [5, 5.41) is 8.44. The predicted molar refractivity (Wildman–Crippen MR) is 72.3 cm³/mol. The first-order valence-corrected chi connectivity index (χ1v) is 5.48. The van der Waals surface area contributed by atoms with Crippen molar-refractivity contribution in [2.45, 2.75) is 20.5 Å². The summed E-state index contributed by atoms with van der Waals surface area (Å²) in [6.07, 6.45) is 0.596. The van der Waals surface area contributed by atoms with Gasteiger partial charge in [-0.3, -0.25) is 13.6 Å². The van der Waals surface area contributed by atoms with Crippen LogP contribution in [0.1, 0.15) is 29.2 Å². The van der Waals surface area contributed by atoms with Gasteiger partial charge >= 0.3 is 0 Å². The van der Waals surface area contributed by atoms with Crippen LogP contribution in [0, 0.1) is 13.8 Å². The van der Waals surface area contributed by atoms with Crippen molar-refractivity contribution in [1.29, 1.82) is 0 Å². The average molecular weight is 291 g/mol. The second-order valence-corrected chi connectivity index (χ2v) is 3.24. The monoisotopic (exact) mass is 291 g/mol. The van der Waals surface area contributed by atoms with E-state index in [9.17, 15) is 13.6 Å². The van der Waals surface area contributed by atoms with Gasteiger partial charge in [0.15, 0.2) is 12.0 Å². The molecule has 2 aromatic rings. The number of carbonyl (C=O) groups excluding carboxylic acids is 1. The lowest BCUT2D eigenvalue weighted by Gasteiger charge is -1.82. The Morgan fingerprint density at radius 2 is 1.65 bits per heavy atom. The highest BCUT2D eigenvalue weighted by molar-refractivity contribution is 5.70. The van der Waals surface area contributed by atoms with E-state index in [1.807, 2.05) is 26.0 Å². The van der Waals surface area contributed by atoms with Crippen molar-refractivity contribution in [1.82, 2.24) is 0 Å². The molecule has 0 aliphatic carbocycles. The standard InChI is InChI=1S/C6H6O3.C6H8O.2CH3F/c7-3-5-1-2-6(4-8)9-5;1-5-3-4-6(2)7-5;2*1-2/h1-3,8H,4H2;3-4H,1-2H3;2*1H3/i;;1D;. The topological polar surface area (TPSA) is 63.6 Å². The summed E-state index contributed by atoms with van der Waals surface area (Å²) in [4.78, 5) is 9.96. The molecule has 2 rings (SSSR count). The Labute approximate surface area is 118 Å². The molecule has 0 aliphatic heterocycles. The number of aliphatic hydroxyl groups is 1. The van der Waals surface area contributed by atoms with Crippen molar-refractivity contribution in [2.24, 2.45) is 0 Å². The Bertz CT molecular complexity index is 452. The number of alkyl halides is 2. The molecule has 0 aromatic carbocycles. The molecule has 2 aromatic heterocycles. The third-order valence-electron chi connectivity index (χ3n) is 1.83. The summed E-state index contributed by atoms with van der Waals surface area (Å²) in [6.45, 7) is 3.72. The first-order valence-electron chi connectivity index (χ1n) is 6.18. The van der Waals surface area contributed by atoms with Crippen molar-refractivity contribution in [3.8, 4) is 0 Å². The van der Waals surface area contributed by atoms with Crippen LogP contribution in [0.5, 0.6) is 0 Å². The summed E-state index contributed by atoms with van der Waals surface area (Å²) in [6, 6.07) is 6.98. The highest BCUT2D eigenvalue weighted by atomic mass is 19.1. The lowest BCUT2D eigenvalue weighted by atomic mass is 10.4. The van der Waals surface area contributed by atoms with Gasteiger partial charge in [0.2, 0.25) is 0 Å². The third kappa shape index (κ3) is 9.04. The van der Waals surface area contributed by atoms with Gasteiger partial charge in [0, 0.05) is 0 Å². The summed E-state index contributed by atoms with van der Waals surface area (Å²) >= 11 is 0. The molecule has 0 bridgehead atoms. The molecule has 0 atom stereocenters. The minimum atomic E-state index is -1.00. The molecular formula is C14H20F2O4. The van der Waals surface area contributed by atoms with Gasteiger partial charge in [-0.1, -0.05) is 0 Å². The lowest BCUT2D eigenvalue weighted by Crippen LogP contribution is -1.74. The van der Waals surface area contributed by atoms with E-state index in [1.54, 1.807) is 6.07 Å². The van der Waals surface area contributed by atoms with E-state index in [4.69, 9.17) is 15.3 Å². The normalized spacial score (nSPS) is 8.80. The first kappa shape index (κ1) is 18.0. The maximum atomic E-state index is 9.96. The highest BCUT2D eigenvalue weighted by Gasteiger charge is 1.96. The molecule has 2 heterocycles. The maximum absolute atomic E-state index is 9.96. The van der Waals surface area contributed by atoms with E-state index in [2.05, 4.69) is 0 Å². The van der Waals surface area contributed by atoms with Gasteiger partial charge in [-0.2, -0.15) is 0 Å². The Morgan fingerprint density at radius 3 is 1.85 bits per heavy atom. The van der Waals surface area contributed by atoms with Crippen molar-refractivity contribution < 1.29 is 28.9 Å². The molecule has 0 aliphatic rings. The number of aryl methyl sites for hydroxylation is 2. The average Bonchev–Trinajstić information content (AvgIpc) is 3.11. The van der Waals surface area contributed by atoms with Gasteiger partial charge in [-0.15, -0.1) is 0 Å². The quantitative estimate of drug-likeness (QED) is 0.858. The van der Waals surface area contributed by atoms with Gasteiger partial charge in [0.05, 0.1) is 15.7 Å². The van der Waals surface area contributed by atoms with E-state index >= 15 is 0 Å². The van der Waals surface area contributed by atoms with E-state index in [1.165, 1.54) is 6.07 Å². The third-order valence-corrected chi connectivity index (χ3v) is 1.83. The Morgan fingerprint density at radius 1 is 1.15 bits per heavy atom. The van der Waals surface area contributed by atoms with Gasteiger partial charge < -0.3 is 13.9 Å². The van der Waals surface area contributed by atoms with Crippen LogP contribution in [-0.2, 0) is 6.61 Å². The molecule has 0 amide bonds. The van der Waals surface area contributed by atoms with Crippen molar-refractivity contribution in [3.63, 3.8) is 0 Å². The zero-order chi connectivity index (χ0) is 16.7. The Balaban J connectivity index is 0. The van der Waals surface area contributed by atoms with E-state index in [0.29, 0.717) is 19.2 Å². The molecule has 1 N–H and O–H groups in total. The van der Waals surface area contributed by atoms with E-state index in [-0.39, 0.29) is 12.4 Å². The van der Waals surface area contributed by atoms with Crippen molar-refractivity contribution in [2.75, 3.05) is 14.3 Å². The zero-order valence-corrected chi connectivity index (χ0v) is 11.7. The van der Waals surface area contributed by atoms with Gasteiger partial charge in [-0.25, -0.2) is 0 Å². The molecule has 0 spiro atoms. The van der Waals surface area contributed by atoms with Crippen molar-refractivity contribution in [3.05, 3.63) is 47.3 Å². The summed E-state index contributed by atoms with van der Waals surface area (Å²) in [5.74, 6) is 2.63. The number of rotatable bonds is 2. The molecule has 20 heavy (non-hydrogen) atoms. The van der Waals surface area contributed by atoms with Crippen LogP contribution >= 0.6 is 0 Å². The second-order valence-electron chi connectivity index (χ2n) is 3.24. The van der Waals surface area contributed by atoms with Crippen LogP contribution in [0.15, 0.2) is 33.1 Å². The SMILES string of the molecule is CF.Cc1ccc(C)o1.O=Cc1ccc(CO)o1.[2H]CF. The van der Waals surface area contributed by atoms with Gasteiger partial charge in [0.25, 0.3) is 0 Å². The molecule has 4 nitrogen and oxygen atoms in total. The smallest absolute Gasteiger partial charge is 0.185 e. The fraction of sp³-hybridized carbons (Fsp3) is 0.357. The number of hydrogen-bond donors (Lipinski definition) is 1. The van der Waals surface area contributed by atoms with Crippen LogP contribution in [0.25, 0.3) is 0 Å². The van der Waals surface area contributed by atoms with Gasteiger partial charge in [0.1, 0.15) is 23.9 Å². The number of furan rings is 2. The van der Waals surface area contributed by atoms with Crippen molar-refractivity contribution >= 4 is 6.29 Å². The number of halogens is 2. The number of aldehydes is 1. The van der Waals surface area contributed by atoms with Gasteiger partial charge in [-0.05, 0) is 38.1 Å². The van der Waals surface area contributed by atoms with Crippen LogP contribution in [0.4, 0.5) is 8.78 Å². The fourth-order valence-electron chi connectivity index (χ4n) is 1.10. The number of hydrogen-bond acceptors (Lipinski definition) is 4. The minimum Gasteiger partial charge on any atom is -0.467 e. The molecule has 6 heteroatoms. The minimum absolute atomic E-state index is 0.159. The highest BCUT2D eigenvalue weighted by Crippen LogP contribution is 2.04. The Kier molecular flexibility index (Phi) is 12.2. The largest absolute Gasteiger partial charge is 0.467 e. The first-order chi connectivity index (χ1) is 10.1. The van der Waals surface area contributed by atoms with E-state index in [0.717, 1.165) is 11.5 Å². The molecule has 0 unspecified atom stereocenters. The maximum Gasteiger partial charge on any atom is 0.185 e. The molecule has 114 valence electrons. The van der Waals surface area contributed by atoms with E-state index < -0.39 is 7.15 Å². The Hall–Kier alpha value is -1.95. The predicted octanol–water partition coefficient (Wildman–Crippen LogP) is 3.65. The molecule has 0 saturated heterocycles. The zero-order valence-electron chi connectivity index (χ0n) is 12.7. The summed E-state index contributed by atoms with van der Waals surface area (Å²) < 4.78 is 34.8.